The van der Waals surface area contributed by atoms with Gasteiger partial charge in [0.2, 0.25) is 0 Å². The maximum absolute atomic E-state index is 5.46. The van der Waals surface area contributed by atoms with E-state index in [2.05, 4.69) is 177 Å². The molecule has 3 nitrogen and oxygen atoms in total. The summed E-state index contributed by atoms with van der Waals surface area (Å²) in [6.07, 6.45) is 9.78. The van der Waals surface area contributed by atoms with Gasteiger partial charge in [0.1, 0.15) is 0 Å². The van der Waals surface area contributed by atoms with Gasteiger partial charge in [-0.3, -0.25) is 4.98 Å². The number of aryl methyl sites for hydroxylation is 2. The Labute approximate surface area is 316 Å². The van der Waals surface area contributed by atoms with E-state index in [1.54, 1.807) is 0 Å². The Morgan fingerprint density at radius 2 is 1.44 bits per heavy atom. The molecule has 0 aliphatic heterocycles. The highest BCUT2D eigenvalue weighted by atomic mass is 14.9. The molecule has 0 saturated carbocycles. The van der Waals surface area contributed by atoms with Crippen molar-refractivity contribution in [1.82, 2.24) is 15.0 Å². The predicted octanol–water partition coefficient (Wildman–Crippen LogP) is 12.5. The molecule has 256 valence electrons. The highest BCUT2D eigenvalue weighted by Gasteiger charge is 2.23. The minimum atomic E-state index is 0.173. The van der Waals surface area contributed by atoms with E-state index in [1.807, 2.05) is 19.1 Å². The lowest BCUT2D eigenvalue weighted by atomic mass is 9.80. The van der Waals surface area contributed by atoms with Crippen LogP contribution in [-0.2, 0) is 0 Å². The fourth-order valence-corrected chi connectivity index (χ4v) is 7.82. The number of hydrogen-bond donors (Lipinski definition) is 0. The van der Waals surface area contributed by atoms with Gasteiger partial charge < -0.3 is 0 Å². The van der Waals surface area contributed by atoms with Gasteiger partial charge in [-0.15, -0.1) is 0 Å². The van der Waals surface area contributed by atoms with E-state index in [-0.39, 0.29) is 5.92 Å². The number of nitrogens with zero attached hydrogens (tertiary/aromatic N) is 3. The molecule has 0 spiro atoms. The van der Waals surface area contributed by atoms with Gasteiger partial charge in [0.05, 0.1) is 11.2 Å². The zero-order chi connectivity index (χ0) is 36.4. The summed E-state index contributed by atoms with van der Waals surface area (Å²) in [5.41, 5.74) is 13.9. The number of allylic oxidation sites excluding steroid dienone is 5. The Kier molecular flexibility index (Phi) is 8.71. The molecule has 1 unspecified atom stereocenters. The minimum absolute atomic E-state index is 0.173. The third-order valence-corrected chi connectivity index (χ3v) is 10.3. The maximum Gasteiger partial charge on any atom is 0.160 e. The van der Waals surface area contributed by atoms with E-state index in [9.17, 15) is 0 Å². The van der Waals surface area contributed by atoms with Crippen LogP contribution in [-0.4, -0.2) is 15.0 Å². The van der Waals surface area contributed by atoms with Gasteiger partial charge in [-0.2, -0.15) is 0 Å². The van der Waals surface area contributed by atoms with Crippen molar-refractivity contribution >= 4 is 32.8 Å². The highest BCUT2D eigenvalue weighted by Crippen LogP contribution is 2.41. The van der Waals surface area contributed by atoms with Crippen molar-refractivity contribution in [1.29, 1.82) is 0 Å². The molecule has 0 bridgehead atoms. The van der Waals surface area contributed by atoms with E-state index in [0.717, 1.165) is 84.1 Å². The van der Waals surface area contributed by atoms with Crippen molar-refractivity contribution in [3.05, 3.63) is 210 Å². The quantitative estimate of drug-likeness (QED) is 0.123. The number of hydrogen-bond acceptors (Lipinski definition) is 3. The van der Waals surface area contributed by atoms with Crippen LogP contribution < -0.4 is 0 Å². The largest absolute Gasteiger partial charge is 0.258 e. The zero-order valence-electron chi connectivity index (χ0n) is 30.3. The molecule has 1 aliphatic carbocycles. The van der Waals surface area contributed by atoms with Gasteiger partial charge in [-0.25, -0.2) is 9.97 Å². The SMILES string of the molecule is Cc1ccc(-c2cccc(-c3nc(-c4cccc(/C(=C(/c5cc#ccc5)c5ccccc5)C5C=CC=CC5)c4)nc4ccc5ccccc5c34)c2)c(C)n1. The van der Waals surface area contributed by atoms with Crippen molar-refractivity contribution < 1.29 is 0 Å². The summed E-state index contributed by atoms with van der Waals surface area (Å²) in [4.78, 5) is 15.5. The van der Waals surface area contributed by atoms with E-state index in [4.69, 9.17) is 15.0 Å². The van der Waals surface area contributed by atoms with Crippen LogP contribution in [0.5, 0.6) is 0 Å². The van der Waals surface area contributed by atoms with Crippen LogP contribution >= 0.6 is 0 Å². The average Bonchev–Trinajstić information content (AvgIpc) is 3.23. The first-order valence-electron chi connectivity index (χ1n) is 18.5. The molecule has 0 fully saturated rings. The van der Waals surface area contributed by atoms with E-state index in [1.165, 1.54) is 11.1 Å². The Bertz CT molecular complexity index is 2720. The van der Waals surface area contributed by atoms with E-state index < -0.39 is 0 Å². The van der Waals surface area contributed by atoms with Crippen molar-refractivity contribution in [3.8, 4) is 33.8 Å². The molecule has 9 rings (SSSR count). The molecule has 1 aliphatic rings. The van der Waals surface area contributed by atoms with E-state index in [0.29, 0.717) is 5.82 Å². The lowest BCUT2D eigenvalue weighted by Crippen LogP contribution is -2.06. The number of benzene rings is 5. The lowest BCUT2D eigenvalue weighted by molar-refractivity contribution is 0.844. The first-order chi connectivity index (χ1) is 26.6. The second-order valence-electron chi connectivity index (χ2n) is 13.9. The predicted molar refractivity (Wildman–Crippen MR) is 223 cm³/mol. The topological polar surface area (TPSA) is 38.7 Å². The Balaban J connectivity index is 1.27. The summed E-state index contributed by atoms with van der Waals surface area (Å²) in [6.45, 7) is 4.11. The third kappa shape index (κ3) is 6.29. The summed E-state index contributed by atoms with van der Waals surface area (Å²) in [5, 5.41) is 3.34. The first kappa shape index (κ1) is 33.0. The molecule has 6 aromatic carbocycles. The minimum Gasteiger partial charge on any atom is -0.258 e. The second kappa shape index (κ2) is 14.3. The average molecular weight is 692 g/mol. The van der Waals surface area contributed by atoms with Gasteiger partial charge in [-0.1, -0.05) is 140 Å². The molecule has 1 atom stereocenters. The summed E-state index contributed by atoms with van der Waals surface area (Å²) >= 11 is 0. The molecule has 0 N–H and O–H groups in total. The van der Waals surface area contributed by atoms with Crippen LogP contribution in [0.1, 0.15) is 34.5 Å². The van der Waals surface area contributed by atoms with Crippen LogP contribution in [0.15, 0.2) is 170 Å². The summed E-state index contributed by atoms with van der Waals surface area (Å²) < 4.78 is 0. The highest BCUT2D eigenvalue weighted by molar-refractivity contribution is 6.12. The monoisotopic (exact) mass is 691 g/mol. The molecule has 2 aromatic heterocycles. The maximum atomic E-state index is 5.46. The first-order valence-corrected chi connectivity index (χ1v) is 18.5. The van der Waals surface area contributed by atoms with E-state index >= 15 is 0 Å². The molecule has 0 radical (unpaired) electrons. The van der Waals surface area contributed by atoms with Crippen molar-refractivity contribution in [2.45, 2.75) is 20.3 Å². The Morgan fingerprint density at radius 3 is 2.28 bits per heavy atom. The second-order valence-corrected chi connectivity index (χ2v) is 13.9. The lowest BCUT2D eigenvalue weighted by Gasteiger charge is -2.24. The van der Waals surface area contributed by atoms with Gasteiger partial charge in [0.15, 0.2) is 5.82 Å². The molecular weight excluding hydrogens is 655 g/mol. The smallest absolute Gasteiger partial charge is 0.160 e. The van der Waals surface area contributed by atoms with Gasteiger partial charge in [-0.05, 0) is 107 Å². The normalized spacial score (nSPS) is 14.2. The molecule has 3 heteroatoms. The fraction of sp³-hybridized carbons (Fsp3) is 0.0784. The number of pyridine rings is 1. The van der Waals surface area contributed by atoms with Gasteiger partial charge in [0.25, 0.3) is 0 Å². The van der Waals surface area contributed by atoms with Crippen LogP contribution in [0.3, 0.4) is 0 Å². The third-order valence-electron chi connectivity index (χ3n) is 10.3. The molecular formula is C51H37N3. The number of rotatable bonds is 7. The van der Waals surface area contributed by atoms with Crippen LogP contribution in [0, 0.1) is 31.9 Å². The zero-order valence-corrected chi connectivity index (χ0v) is 30.3. The molecule has 0 amide bonds. The summed E-state index contributed by atoms with van der Waals surface area (Å²) in [6, 6.07) is 57.6. The van der Waals surface area contributed by atoms with Crippen molar-refractivity contribution in [2.75, 3.05) is 0 Å². The molecule has 0 saturated heterocycles. The van der Waals surface area contributed by atoms with Gasteiger partial charge in [0, 0.05) is 39.4 Å². The molecule has 2 heterocycles. The standard InChI is InChI=1S/C51H37N3/c1-34-28-30-44(35(2)52-34)40-23-14-25-42(32-40)50-49-45-27-13-12-16-36(45)29-31-46(49)53-51(54-50)43-26-15-24-41(33-43)48(39-21-10-5-11-22-39)47(37-17-6-3-7-18-37)38-19-8-4-9-20-38/h3,5-8,10-21,23-33,39H,22H2,1-2H3/b48-47+. The van der Waals surface area contributed by atoms with Crippen LogP contribution in [0.4, 0.5) is 0 Å². The van der Waals surface area contributed by atoms with Gasteiger partial charge >= 0.3 is 0 Å². The number of fused-ring (bicyclic) bond motifs is 3. The van der Waals surface area contributed by atoms with Crippen molar-refractivity contribution in [2.24, 2.45) is 5.92 Å². The fourth-order valence-electron chi connectivity index (χ4n) is 7.82. The number of aromatic nitrogens is 3. The summed E-state index contributed by atoms with van der Waals surface area (Å²) in [7, 11) is 0. The van der Waals surface area contributed by atoms with Crippen LogP contribution in [0.25, 0.3) is 66.6 Å². The van der Waals surface area contributed by atoms with Crippen LogP contribution in [0.2, 0.25) is 0 Å². The Morgan fingerprint density at radius 1 is 0.630 bits per heavy atom. The Hall–Kier alpha value is -6.89. The molecule has 8 aromatic rings. The molecule has 54 heavy (non-hydrogen) atoms. The summed E-state index contributed by atoms with van der Waals surface area (Å²) in [5.74, 6) is 0.863. The van der Waals surface area contributed by atoms with Crippen molar-refractivity contribution in [3.63, 3.8) is 0 Å².